The van der Waals surface area contributed by atoms with Crippen LogP contribution < -0.4 is 0 Å². The molecule has 0 aliphatic rings. The van der Waals surface area contributed by atoms with Gasteiger partial charge in [-0.2, -0.15) is 0 Å². The lowest BCUT2D eigenvalue weighted by Crippen LogP contribution is -2.19. The molecule has 0 aromatic heterocycles. The standard InChI is InChI=1S/C10H13BrClN/c1-13(6-5-12)8-9-3-2-4-10(11)7-9/h2-4,7H,5-6,8H2,1H3. The molecular weight excluding hydrogens is 249 g/mol. The zero-order chi connectivity index (χ0) is 9.68. The Bertz CT molecular complexity index is 265. The maximum absolute atomic E-state index is 5.64. The second kappa shape index (κ2) is 5.63. The predicted molar refractivity (Wildman–Crippen MR) is 61.2 cm³/mol. The van der Waals surface area contributed by atoms with Gasteiger partial charge in [0.05, 0.1) is 0 Å². The number of alkyl halides is 1. The minimum atomic E-state index is 0.685. The molecule has 0 unspecified atom stereocenters. The number of halogens is 2. The molecule has 1 rings (SSSR count). The minimum Gasteiger partial charge on any atom is -0.301 e. The molecule has 0 radical (unpaired) electrons. The molecule has 0 heterocycles. The van der Waals surface area contributed by atoms with E-state index in [9.17, 15) is 0 Å². The van der Waals surface area contributed by atoms with Crippen molar-refractivity contribution in [3.63, 3.8) is 0 Å². The first-order valence-corrected chi connectivity index (χ1v) is 5.54. The van der Waals surface area contributed by atoms with Crippen molar-refractivity contribution >= 4 is 27.5 Å². The molecule has 3 heteroatoms. The Balaban J connectivity index is 2.53. The van der Waals surface area contributed by atoms with Crippen LogP contribution in [0.3, 0.4) is 0 Å². The molecule has 0 bridgehead atoms. The van der Waals surface area contributed by atoms with Crippen LogP contribution >= 0.6 is 27.5 Å². The van der Waals surface area contributed by atoms with Crippen molar-refractivity contribution in [2.45, 2.75) is 6.54 Å². The van der Waals surface area contributed by atoms with Crippen molar-refractivity contribution in [2.75, 3.05) is 19.5 Å². The Morgan fingerprint density at radius 2 is 2.23 bits per heavy atom. The van der Waals surface area contributed by atoms with Crippen molar-refractivity contribution < 1.29 is 0 Å². The van der Waals surface area contributed by atoms with Crippen LogP contribution in [0, 0.1) is 0 Å². The Morgan fingerprint density at radius 3 is 2.85 bits per heavy atom. The van der Waals surface area contributed by atoms with Crippen LogP contribution in [0.15, 0.2) is 28.7 Å². The second-order valence-electron chi connectivity index (χ2n) is 3.06. The molecular formula is C10H13BrClN. The summed E-state index contributed by atoms with van der Waals surface area (Å²) in [7, 11) is 2.07. The molecule has 0 amide bonds. The highest BCUT2D eigenvalue weighted by Gasteiger charge is 1.99. The van der Waals surface area contributed by atoms with Crippen LogP contribution in [0.25, 0.3) is 0 Å². The lowest BCUT2D eigenvalue weighted by Gasteiger charge is -2.14. The van der Waals surface area contributed by atoms with Gasteiger partial charge in [-0.25, -0.2) is 0 Å². The molecule has 0 N–H and O–H groups in total. The van der Waals surface area contributed by atoms with Gasteiger partial charge in [0.25, 0.3) is 0 Å². The predicted octanol–water partition coefficient (Wildman–Crippen LogP) is 3.12. The molecule has 1 nitrogen and oxygen atoms in total. The Labute approximate surface area is 92.8 Å². The molecule has 13 heavy (non-hydrogen) atoms. The normalized spacial score (nSPS) is 10.8. The van der Waals surface area contributed by atoms with E-state index in [1.807, 2.05) is 12.1 Å². The summed E-state index contributed by atoms with van der Waals surface area (Å²) in [5, 5.41) is 0. The second-order valence-corrected chi connectivity index (χ2v) is 4.35. The number of hydrogen-bond acceptors (Lipinski definition) is 1. The molecule has 1 aromatic carbocycles. The van der Waals surface area contributed by atoms with Gasteiger partial charge in [0.2, 0.25) is 0 Å². The topological polar surface area (TPSA) is 3.24 Å². The highest BCUT2D eigenvalue weighted by Crippen LogP contribution is 2.12. The zero-order valence-corrected chi connectivity index (χ0v) is 9.98. The van der Waals surface area contributed by atoms with Gasteiger partial charge in [-0.05, 0) is 24.7 Å². The van der Waals surface area contributed by atoms with E-state index in [1.165, 1.54) is 5.56 Å². The monoisotopic (exact) mass is 261 g/mol. The Morgan fingerprint density at radius 1 is 1.46 bits per heavy atom. The highest BCUT2D eigenvalue weighted by molar-refractivity contribution is 9.10. The van der Waals surface area contributed by atoms with Gasteiger partial charge in [-0.15, -0.1) is 11.6 Å². The van der Waals surface area contributed by atoms with Crippen LogP contribution in [0.2, 0.25) is 0 Å². The molecule has 0 fully saturated rings. The summed E-state index contributed by atoms with van der Waals surface area (Å²) in [5.74, 6) is 0.685. The van der Waals surface area contributed by atoms with E-state index in [4.69, 9.17) is 11.6 Å². The minimum absolute atomic E-state index is 0.685. The highest BCUT2D eigenvalue weighted by atomic mass is 79.9. The maximum Gasteiger partial charge on any atom is 0.0351 e. The van der Waals surface area contributed by atoms with Crippen LogP contribution in [-0.4, -0.2) is 24.4 Å². The van der Waals surface area contributed by atoms with Gasteiger partial charge in [0.1, 0.15) is 0 Å². The molecule has 1 aromatic rings. The summed E-state index contributed by atoms with van der Waals surface area (Å²) in [6.45, 7) is 1.88. The molecule has 0 saturated carbocycles. The van der Waals surface area contributed by atoms with Gasteiger partial charge < -0.3 is 4.90 Å². The summed E-state index contributed by atoms with van der Waals surface area (Å²) < 4.78 is 1.13. The molecule has 0 aliphatic heterocycles. The maximum atomic E-state index is 5.64. The molecule has 0 atom stereocenters. The quantitative estimate of drug-likeness (QED) is 0.754. The smallest absolute Gasteiger partial charge is 0.0351 e. The van der Waals surface area contributed by atoms with Crippen LogP contribution in [0.5, 0.6) is 0 Å². The number of hydrogen-bond donors (Lipinski definition) is 0. The Hall–Kier alpha value is -0.0500. The van der Waals surface area contributed by atoms with E-state index in [1.54, 1.807) is 0 Å². The van der Waals surface area contributed by atoms with Crippen LogP contribution in [0.1, 0.15) is 5.56 Å². The molecule has 72 valence electrons. The van der Waals surface area contributed by atoms with Crippen molar-refractivity contribution in [3.05, 3.63) is 34.3 Å². The average Bonchev–Trinajstić information content (AvgIpc) is 2.04. The van der Waals surface area contributed by atoms with Crippen molar-refractivity contribution in [1.29, 1.82) is 0 Å². The first kappa shape index (κ1) is 11.0. The van der Waals surface area contributed by atoms with Gasteiger partial charge >= 0.3 is 0 Å². The Kier molecular flexibility index (Phi) is 4.78. The van der Waals surface area contributed by atoms with Gasteiger partial charge in [-0.1, -0.05) is 28.1 Å². The summed E-state index contributed by atoms with van der Waals surface area (Å²) in [4.78, 5) is 2.20. The third-order valence-corrected chi connectivity index (χ3v) is 2.47. The lowest BCUT2D eigenvalue weighted by atomic mass is 10.2. The van der Waals surface area contributed by atoms with Crippen LogP contribution in [-0.2, 0) is 6.54 Å². The fourth-order valence-electron chi connectivity index (χ4n) is 1.17. The van der Waals surface area contributed by atoms with E-state index in [0.717, 1.165) is 17.6 Å². The average molecular weight is 263 g/mol. The van der Waals surface area contributed by atoms with E-state index in [0.29, 0.717) is 5.88 Å². The molecule has 0 saturated heterocycles. The molecule has 0 aliphatic carbocycles. The number of rotatable bonds is 4. The fourth-order valence-corrected chi connectivity index (χ4v) is 1.91. The summed E-state index contributed by atoms with van der Waals surface area (Å²) in [6.07, 6.45) is 0. The van der Waals surface area contributed by atoms with Gasteiger partial charge in [-0.3, -0.25) is 0 Å². The van der Waals surface area contributed by atoms with Crippen molar-refractivity contribution in [3.8, 4) is 0 Å². The van der Waals surface area contributed by atoms with E-state index >= 15 is 0 Å². The fraction of sp³-hybridized carbons (Fsp3) is 0.400. The van der Waals surface area contributed by atoms with Crippen molar-refractivity contribution in [2.24, 2.45) is 0 Å². The van der Waals surface area contributed by atoms with Gasteiger partial charge in [0, 0.05) is 23.4 Å². The van der Waals surface area contributed by atoms with E-state index in [2.05, 4.69) is 40.0 Å². The number of nitrogens with zero attached hydrogens (tertiary/aromatic N) is 1. The van der Waals surface area contributed by atoms with Crippen LogP contribution in [0.4, 0.5) is 0 Å². The summed E-state index contributed by atoms with van der Waals surface area (Å²) >= 11 is 9.09. The summed E-state index contributed by atoms with van der Waals surface area (Å²) in [5.41, 5.74) is 1.31. The summed E-state index contributed by atoms with van der Waals surface area (Å²) in [6, 6.07) is 8.33. The van der Waals surface area contributed by atoms with E-state index in [-0.39, 0.29) is 0 Å². The zero-order valence-electron chi connectivity index (χ0n) is 7.63. The van der Waals surface area contributed by atoms with Gasteiger partial charge in [0.15, 0.2) is 0 Å². The van der Waals surface area contributed by atoms with Crippen molar-refractivity contribution in [1.82, 2.24) is 4.90 Å². The third kappa shape index (κ3) is 4.12. The lowest BCUT2D eigenvalue weighted by molar-refractivity contribution is 0.348. The first-order valence-electron chi connectivity index (χ1n) is 4.21. The molecule has 0 spiro atoms. The van der Waals surface area contributed by atoms with E-state index < -0.39 is 0 Å². The first-order chi connectivity index (χ1) is 6.22. The number of benzene rings is 1. The SMILES string of the molecule is CN(CCCl)Cc1cccc(Br)c1. The third-order valence-electron chi connectivity index (χ3n) is 1.81. The largest absolute Gasteiger partial charge is 0.301 e.